The Kier molecular flexibility index (Phi) is 6.90. The molecule has 1 aromatic carbocycles. The second-order valence-electron chi connectivity index (χ2n) is 7.52. The second kappa shape index (κ2) is 9.58. The smallest absolute Gasteiger partial charge is 0.223 e. The summed E-state index contributed by atoms with van der Waals surface area (Å²) in [7, 11) is 1.95. The average Bonchev–Trinajstić information content (AvgIpc) is 3.24. The standard InChI is InChI=1S/C22H32N6O/c1-5-23-22(25-13-20-16(2)26-27(4)17(20)3)24-12-8-11-21(29)28-14-18-9-6-7-10-19(18)15-28/h6-7,9-10H,5,8,11-15H2,1-4H3,(H2,23,24,25). The van der Waals surface area contributed by atoms with Crippen molar-refractivity contribution in [2.45, 2.75) is 53.2 Å². The van der Waals surface area contributed by atoms with Crippen LogP contribution in [0, 0.1) is 13.8 Å². The van der Waals surface area contributed by atoms with Gasteiger partial charge >= 0.3 is 0 Å². The number of guanidine groups is 1. The summed E-state index contributed by atoms with van der Waals surface area (Å²) in [6.45, 7) is 9.68. The SMILES string of the molecule is CCNC(=NCc1c(C)nn(C)c1C)NCCCC(=O)N1Cc2ccccc2C1. The average molecular weight is 397 g/mol. The van der Waals surface area contributed by atoms with Crippen LogP contribution in [-0.4, -0.2) is 39.6 Å². The zero-order chi connectivity index (χ0) is 20.8. The van der Waals surface area contributed by atoms with Crippen LogP contribution < -0.4 is 10.6 Å². The summed E-state index contributed by atoms with van der Waals surface area (Å²) in [5.41, 5.74) is 5.85. The molecule has 1 aliphatic rings. The molecule has 7 nitrogen and oxygen atoms in total. The highest BCUT2D eigenvalue weighted by Crippen LogP contribution is 2.22. The number of aryl methyl sites for hydroxylation is 2. The number of carbonyl (C=O) groups excluding carboxylic acids is 1. The maximum Gasteiger partial charge on any atom is 0.223 e. The van der Waals surface area contributed by atoms with E-state index in [2.05, 4.69) is 39.8 Å². The molecule has 0 saturated carbocycles. The highest BCUT2D eigenvalue weighted by Gasteiger charge is 2.22. The van der Waals surface area contributed by atoms with Crippen LogP contribution in [0.3, 0.4) is 0 Å². The van der Waals surface area contributed by atoms with Gasteiger partial charge in [0.1, 0.15) is 0 Å². The van der Waals surface area contributed by atoms with Crippen LogP contribution >= 0.6 is 0 Å². The predicted molar refractivity (Wildman–Crippen MR) is 115 cm³/mol. The molecule has 1 aromatic heterocycles. The summed E-state index contributed by atoms with van der Waals surface area (Å²) in [6.07, 6.45) is 1.32. The lowest BCUT2D eigenvalue weighted by atomic mass is 10.1. The van der Waals surface area contributed by atoms with Gasteiger partial charge in [0.25, 0.3) is 0 Å². The Morgan fingerprint density at radius 3 is 2.45 bits per heavy atom. The number of amides is 1. The lowest BCUT2D eigenvalue weighted by molar-refractivity contribution is -0.131. The van der Waals surface area contributed by atoms with E-state index in [4.69, 9.17) is 0 Å². The van der Waals surface area contributed by atoms with Crippen molar-refractivity contribution in [3.05, 3.63) is 52.3 Å². The third-order valence-corrected chi connectivity index (χ3v) is 5.45. The van der Waals surface area contributed by atoms with Gasteiger partial charge in [0.15, 0.2) is 5.96 Å². The molecule has 0 fully saturated rings. The first-order valence-corrected chi connectivity index (χ1v) is 10.4. The predicted octanol–water partition coefficient (Wildman–Crippen LogP) is 2.41. The van der Waals surface area contributed by atoms with Gasteiger partial charge in [-0.25, -0.2) is 4.99 Å². The van der Waals surface area contributed by atoms with Crippen molar-refractivity contribution < 1.29 is 4.79 Å². The topological polar surface area (TPSA) is 74.5 Å². The van der Waals surface area contributed by atoms with Crippen molar-refractivity contribution in [3.8, 4) is 0 Å². The van der Waals surface area contributed by atoms with Gasteiger partial charge in [-0.1, -0.05) is 24.3 Å². The summed E-state index contributed by atoms with van der Waals surface area (Å²) in [5, 5.41) is 11.1. The fourth-order valence-corrected chi connectivity index (χ4v) is 3.66. The number of nitrogens with zero attached hydrogens (tertiary/aromatic N) is 4. The van der Waals surface area contributed by atoms with E-state index in [0.717, 1.165) is 49.0 Å². The molecule has 1 amide bonds. The van der Waals surface area contributed by atoms with Crippen LogP contribution in [0.2, 0.25) is 0 Å². The molecule has 1 aliphatic heterocycles. The van der Waals surface area contributed by atoms with Crippen molar-refractivity contribution in [3.63, 3.8) is 0 Å². The molecule has 0 spiro atoms. The number of fused-ring (bicyclic) bond motifs is 1. The van der Waals surface area contributed by atoms with E-state index in [1.54, 1.807) is 0 Å². The van der Waals surface area contributed by atoms with Crippen LogP contribution in [0.5, 0.6) is 0 Å². The monoisotopic (exact) mass is 396 g/mol. The first-order valence-electron chi connectivity index (χ1n) is 10.4. The summed E-state index contributed by atoms with van der Waals surface area (Å²) >= 11 is 0. The number of rotatable bonds is 7. The largest absolute Gasteiger partial charge is 0.357 e. The second-order valence-corrected chi connectivity index (χ2v) is 7.52. The molecule has 0 aliphatic carbocycles. The molecule has 2 heterocycles. The number of carbonyl (C=O) groups is 1. The van der Waals surface area contributed by atoms with Crippen molar-refractivity contribution in [2.24, 2.45) is 12.0 Å². The van der Waals surface area contributed by atoms with Gasteiger partial charge in [-0.05, 0) is 38.3 Å². The number of aliphatic imine (C=N–C) groups is 1. The molecule has 0 radical (unpaired) electrons. The van der Waals surface area contributed by atoms with Gasteiger partial charge in [0.2, 0.25) is 5.91 Å². The van der Waals surface area contributed by atoms with Crippen molar-refractivity contribution in [2.75, 3.05) is 13.1 Å². The Labute approximate surface area is 173 Å². The summed E-state index contributed by atoms with van der Waals surface area (Å²) in [4.78, 5) is 19.1. The van der Waals surface area contributed by atoms with E-state index in [9.17, 15) is 4.79 Å². The molecule has 0 saturated heterocycles. The minimum Gasteiger partial charge on any atom is -0.357 e. The van der Waals surface area contributed by atoms with Crippen molar-refractivity contribution in [1.82, 2.24) is 25.3 Å². The van der Waals surface area contributed by atoms with Crippen molar-refractivity contribution in [1.29, 1.82) is 0 Å². The summed E-state index contributed by atoms with van der Waals surface area (Å²) < 4.78 is 1.89. The molecule has 2 aromatic rings. The van der Waals surface area contributed by atoms with E-state index >= 15 is 0 Å². The quantitative estimate of drug-likeness (QED) is 0.428. The van der Waals surface area contributed by atoms with E-state index in [1.165, 1.54) is 11.1 Å². The number of benzene rings is 1. The number of hydrogen-bond acceptors (Lipinski definition) is 3. The van der Waals surface area contributed by atoms with Crippen molar-refractivity contribution >= 4 is 11.9 Å². The molecule has 7 heteroatoms. The van der Waals surface area contributed by atoms with E-state index in [0.29, 0.717) is 19.5 Å². The minimum atomic E-state index is 0.214. The summed E-state index contributed by atoms with van der Waals surface area (Å²) in [5.74, 6) is 0.989. The van der Waals surface area contributed by atoms with Crippen LogP contribution in [-0.2, 0) is 31.5 Å². The zero-order valence-electron chi connectivity index (χ0n) is 18.0. The lowest BCUT2D eigenvalue weighted by Crippen LogP contribution is -2.38. The summed E-state index contributed by atoms with van der Waals surface area (Å²) in [6, 6.07) is 8.28. The van der Waals surface area contributed by atoms with E-state index in [1.807, 2.05) is 42.6 Å². The fourth-order valence-electron chi connectivity index (χ4n) is 3.66. The number of aromatic nitrogens is 2. The first kappa shape index (κ1) is 20.9. The third-order valence-electron chi connectivity index (χ3n) is 5.45. The van der Waals surface area contributed by atoms with Gasteiger partial charge < -0.3 is 15.5 Å². The molecular weight excluding hydrogens is 364 g/mol. The van der Waals surface area contributed by atoms with Gasteiger partial charge in [0, 0.05) is 50.9 Å². The molecule has 29 heavy (non-hydrogen) atoms. The highest BCUT2D eigenvalue weighted by molar-refractivity contribution is 5.80. The van der Waals surface area contributed by atoms with Gasteiger partial charge in [0.05, 0.1) is 12.2 Å². The molecule has 0 atom stereocenters. The molecule has 0 unspecified atom stereocenters. The lowest BCUT2D eigenvalue weighted by Gasteiger charge is -2.16. The first-order chi connectivity index (χ1) is 14.0. The third kappa shape index (κ3) is 5.16. The normalized spacial score (nSPS) is 13.5. The molecule has 3 rings (SSSR count). The molecule has 156 valence electrons. The van der Waals surface area contributed by atoms with Gasteiger partial charge in [-0.3, -0.25) is 9.48 Å². The fraction of sp³-hybridized carbons (Fsp3) is 0.500. The number of nitrogens with one attached hydrogen (secondary N) is 2. The Morgan fingerprint density at radius 2 is 1.86 bits per heavy atom. The Bertz CT molecular complexity index is 860. The highest BCUT2D eigenvalue weighted by atomic mass is 16.2. The zero-order valence-corrected chi connectivity index (χ0v) is 18.0. The Balaban J connectivity index is 1.45. The van der Waals surface area contributed by atoms with Crippen LogP contribution in [0.25, 0.3) is 0 Å². The number of hydrogen-bond donors (Lipinski definition) is 2. The molecular formula is C22H32N6O. The van der Waals surface area contributed by atoms with Crippen LogP contribution in [0.1, 0.15) is 47.8 Å². The Morgan fingerprint density at radius 1 is 1.17 bits per heavy atom. The van der Waals surface area contributed by atoms with E-state index in [-0.39, 0.29) is 5.91 Å². The Hall–Kier alpha value is -2.83. The molecule has 2 N–H and O–H groups in total. The van der Waals surface area contributed by atoms with E-state index < -0.39 is 0 Å². The van der Waals surface area contributed by atoms with Gasteiger partial charge in [-0.15, -0.1) is 0 Å². The van der Waals surface area contributed by atoms with Crippen LogP contribution in [0.4, 0.5) is 0 Å². The van der Waals surface area contributed by atoms with Gasteiger partial charge in [-0.2, -0.15) is 5.10 Å². The molecule has 0 bridgehead atoms. The maximum absolute atomic E-state index is 12.5. The minimum absolute atomic E-state index is 0.214. The van der Waals surface area contributed by atoms with Crippen LogP contribution in [0.15, 0.2) is 29.3 Å². The maximum atomic E-state index is 12.5.